The fourth-order valence-corrected chi connectivity index (χ4v) is 3.50. The summed E-state index contributed by atoms with van der Waals surface area (Å²) in [5.74, 6) is -1.27. The van der Waals surface area contributed by atoms with E-state index in [1.807, 2.05) is 6.07 Å². The second kappa shape index (κ2) is 5.72. The van der Waals surface area contributed by atoms with Crippen molar-refractivity contribution in [3.63, 3.8) is 0 Å². The molecule has 2 aromatic carbocycles. The third-order valence-corrected chi connectivity index (χ3v) is 4.80. The van der Waals surface area contributed by atoms with Gasteiger partial charge in [-0.15, -0.1) is 0 Å². The van der Waals surface area contributed by atoms with Crippen LogP contribution in [0, 0.1) is 17.1 Å². The first-order valence-electron chi connectivity index (χ1n) is 5.80. The first-order chi connectivity index (χ1) is 9.83. The van der Waals surface area contributed by atoms with Crippen molar-refractivity contribution in [2.45, 2.75) is 10.6 Å². The van der Waals surface area contributed by atoms with E-state index in [0.29, 0.717) is 5.02 Å². The van der Waals surface area contributed by atoms with Crippen LogP contribution in [0.1, 0.15) is 11.1 Å². The average molecular weight is 325 g/mol. The molecule has 0 saturated heterocycles. The van der Waals surface area contributed by atoms with Gasteiger partial charge in [-0.3, -0.25) is 0 Å². The normalized spacial score (nSPS) is 11.1. The highest BCUT2D eigenvalue weighted by Crippen LogP contribution is 2.26. The van der Waals surface area contributed by atoms with Gasteiger partial charge in [0.15, 0.2) is 9.84 Å². The summed E-state index contributed by atoms with van der Waals surface area (Å²) < 4.78 is 38.3. The Bertz CT molecular complexity index is 845. The molecule has 0 aliphatic rings. The molecule has 0 radical (unpaired) electrons. The van der Waals surface area contributed by atoms with Gasteiger partial charge in [-0.1, -0.05) is 11.6 Å². The summed E-state index contributed by atoms with van der Waals surface area (Å²) >= 11 is 5.72. The van der Waals surface area contributed by atoms with Crippen molar-refractivity contribution in [1.29, 1.82) is 5.26 Å². The van der Waals surface area contributed by atoms with E-state index in [9.17, 15) is 12.8 Å². The van der Waals surface area contributed by atoms with Crippen LogP contribution in [0.4, 0.5) is 10.1 Å². The van der Waals surface area contributed by atoms with Crippen LogP contribution in [0.15, 0.2) is 41.3 Å². The first-order valence-corrected chi connectivity index (χ1v) is 7.83. The molecule has 0 unspecified atom stereocenters. The number of nitrogens with two attached hydrogens (primary N) is 1. The first kappa shape index (κ1) is 15.3. The lowest BCUT2D eigenvalue weighted by atomic mass is 10.1. The van der Waals surface area contributed by atoms with Crippen LogP contribution >= 0.6 is 11.6 Å². The fraction of sp³-hybridized carbons (Fsp3) is 0.0714. The van der Waals surface area contributed by atoms with Crippen LogP contribution in [0.2, 0.25) is 5.02 Å². The molecule has 0 saturated carbocycles. The van der Waals surface area contributed by atoms with Gasteiger partial charge in [0.1, 0.15) is 5.82 Å². The van der Waals surface area contributed by atoms with Crippen LogP contribution in [-0.2, 0) is 15.6 Å². The summed E-state index contributed by atoms with van der Waals surface area (Å²) in [6.07, 6.45) is 0. The number of nitrogen functional groups attached to an aromatic ring is 1. The van der Waals surface area contributed by atoms with Crippen LogP contribution in [-0.4, -0.2) is 8.42 Å². The van der Waals surface area contributed by atoms with E-state index in [0.717, 1.165) is 6.07 Å². The molecule has 0 atom stereocenters. The Hall–Kier alpha value is -2.10. The van der Waals surface area contributed by atoms with E-state index in [1.165, 1.54) is 30.3 Å². The summed E-state index contributed by atoms with van der Waals surface area (Å²) in [5, 5.41) is 9.10. The molecule has 0 spiro atoms. The second-order valence-corrected chi connectivity index (χ2v) is 6.75. The standard InChI is InChI=1S/C14H10ClFN2O2S/c15-11-2-4-14(13(18)6-11)21(19,20)8-10-5-9(7-17)1-3-12(10)16/h1-6H,8,18H2. The molecule has 0 bridgehead atoms. The molecular weight excluding hydrogens is 315 g/mol. The Morgan fingerprint density at radius 3 is 2.57 bits per heavy atom. The summed E-state index contributed by atoms with van der Waals surface area (Å²) in [6.45, 7) is 0. The second-order valence-electron chi connectivity index (χ2n) is 4.36. The molecule has 4 nitrogen and oxygen atoms in total. The number of nitrogens with zero attached hydrogens (tertiary/aromatic N) is 1. The van der Waals surface area contributed by atoms with Crippen molar-refractivity contribution in [3.05, 3.63) is 58.4 Å². The van der Waals surface area contributed by atoms with E-state index in [4.69, 9.17) is 22.6 Å². The summed E-state index contributed by atoms with van der Waals surface area (Å²) in [6, 6.07) is 9.38. The predicted molar refractivity (Wildman–Crippen MR) is 77.9 cm³/mol. The molecule has 108 valence electrons. The van der Waals surface area contributed by atoms with Crippen LogP contribution in [0.5, 0.6) is 0 Å². The van der Waals surface area contributed by atoms with Gasteiger partial charge in [0.05, 0.1) is 28.0 Å². The maximum atomic E-state index is 13.7. The monoisotopic (exact) mass is 324 g/mol. The van der Waals surface area contributed by atoms with Gasteiger partial charge in [-0.2, -0.15) is 5.26 Å². The Balaban J connectivity index is 2.45. The average Bonchev–Trinajstić information content (AvgIpc) is 2.40. The van der Waals surface area contributed by atoms with Crippen molar-refractivity contribution in [3.8, 4) is 6.07 Å². The number of hydrogen-bond acceptors (Lipinski definition) is 4. The lowest BCUT2D eigenvalue weighted by molar-refractivity contribution is 0.587. The Morgan fingerprint density at radius 1 is 1.24 bits per heavy atom. The zero-order chi connectivity index (χ0) is 15.6. The van der Waals surface area contributed by atoms with Gasteiger partial charge in [-0.05, 0) is 36.4 Å². The Labute approximate surface area is 126 Å². The molecule has 7 heteroatoms. The van der Waals surface area contributed by atoms with Gasteiger partial charge in [0.2, 0.25) is 0 Å². The number of rotatable bonds is 3. The molecule has 21 heavy (non-hydrogen) atoms. The minimum Gasteiger partial charge on any atom is -0.398 e. The molecular formula is C14H10ClFN2O2S. The van der Waals surface area contributed by atoms with Crippen molar-refractivity contribution in [2.24, 2.45) is 0 Å². The number of benzene rings is 2. The van der Waals surface area contributed by atoms with E-state index in [2.05, 4.69) is 0 Å². The molecule has 2 N–H and O–H groups in total. The van der Waals surface area contributed by atoms with Crippen molar-refractivity contribution in [1.82, 2.24) is 0 Å². The largest absolute Gasteiger partial charge is 0.398 e. The maximum Gasteiger partial charge on any atom is 0.184 e. The van der Waals surface area contributed by atoms with Crippen molar-refractivity contribution < 1.29 is 12.8 Å². The molecule has 0 aliphatic carbocycles. The highest BCUT2D eigenvalue weighted by Gasteiger charge is 2.20. The number of sulfone groups is 1. The SMILES string of the molecule is N#Cc1ccc(F)c(CS(=O)(=O)c2ccc(Cl)cc2N)c1. The minimum atomic E-state index is -3.84. The highest BCUT2D eigenvalue weighted by atomic mass is 35.5. The summed E-state index contributed by atoms with van der Waals surface area (Å²) in [7, 11) is -3.84. The molecule has 0 amide bonds. The molecule has 2 aromatic rings. The van der Waals surface area contributed by atoms with Gasteiger partial charge in [0.25, 0.3) is 0 Å². The van der Waals surface area contributed by atoms with Crippen LogP contribution in [0.3, 0.4) is 0 Å². The summed E-state index contributed by atoms with van der Waals surface area (Å²) in [4.78, 5) is -0.117. The van der Waals surface area contributed by atoms with Crippen LogP contribution in [0.25, 0.3) is 0 Å². The zero-order valence-electron chi connectivity index (χ0n) is 10.7. The van der Waals surface area contributed by atoms with Gasteiger partial charge in [-0.25, -0.2) is 12.8 Å². The third-order valence-electron chi connectivity index (χ3n) is 2.83. The van der Waals surface area contributed by atoms with E-state index >= 15 is 0 Å². The zero-order valence-corrected chi connectivity index (χ0v) is 12.2. The molecule has 0 fully saturated rings. The number of nitriles is 1. The smallest absolute Gasteiger partial charge is 0.184 e. The van der Waals surface area contributed by atoms with E-state index in [-0.39, 0.29) is 21.7 Å². The number of hydrogen-bond donors (Lipinski definition) is 1. The van der Waals surface area contributed by atoms with E-state index < -0.39 is 21.4 Å². The topological polar surface area (TPSA) is 84.0 Å². The van der Waals surface area contributed by atoms with E-state index in [1.54, 1.807) is 0 Å². The highest BCUT2D eigenvalue weighted by molar-refractivity contribution is 7.90. The molecule has 0 aromatic heterocycles. The van der Waals surface area contributed by atoms with Crippen LogP contribution < -0.4 is 5.73 Å². The van der Waals surface area contributed by atoms with Gasteiger partial charge < -0.3 is 5.73 Å². The minimum absolute atomic E-state index is 0.000606. The van der Waals surface area contributed by atoms with Crippen molar-refractivity contribution in [2.75, 3.05) is 5.73 Å². The Morgan fingerprint density at radius 2 is 1.95 bits per heavy atom. The number of anilines is 1. The lowest BCUT2D eigenvalue weighted by Gasteiger charge is -2.09. The predicted octanol–water partition coefficient (Wildman–Crippen LogP) is 2.91. The summed E-state index contributed by atoms with van der Waals surface area (Å²) in [5.41, 5.74) is 5.75. The fourth-order valence-electron chi connectivity index (χ4n) is 1.84. The van der Waals surface area contributed by atoms with Gasteiger partial charge >= 0.3 is 0 Å². The quantitative estimate of drug-likeness (QED) is 0.880. The molecule has 0 heterocycles. The Kier molecular flexibility index (Phi) is 4.16. The maximum absolute atomic E-state index is 13.7. The van der Waals surface area contributed by atoms with Crippen molar-refractivity contribution >= 4 is 27.1 Å². The third kappa shape index (κ3) is 3.32. The number of halogens is 2. The van der Waals surface area contributed by atoms with Gasteiger partial charge in [0, 0.05) is 10.6 Å². The molecule has 2 rings (SSSR count). The lowest BCUT2D eigenvalue weighted by Crippen LogP contribution is -2.09. The molecule has 0 aliphatic heterocycles.